The van der Waals surface area contributed by atoms with Gasteiger partial charge < -0.3 is 17.7 Å². The van der Waals surface area contributed by atoms with Gasteiger partial charge in [0.1, 0.15) is 34.4 Å². The van der Waals surface area contributed by atoms with Crippen LogP contribution in [0.3, 0.4) is 0 Å². The monoisotopic (exact) mass is 1470 g/mol. The van der Waals surface area contributed by atoms with Crippen molar-refractivity contribution in [1.82, 2.24) is 9.97 Å². The molecule has 0 radical (unpaired) electrons. The van der Waals surface area contributed by atoms with Crippen molar-refractivity contribution in [3.8, 4) is 44.5 Å². The number of nitrogens with zero attached hydrogens (tertiary/aromatic N) is 10. The number of benzene rings is 6. The maximum absolute atomic E-state index is 8.06. The van der Waals surface area contributed by atoms with E-state index in [1.165, 1.54) is 33.4 Å². The first-order valence-corrected chi connectivity index (χ1v) is 37.9. The molecule has 18 heteroatoms. The van der Waals surface area contributed by atoms with Crippen LogP contribution in [0.15, 0.2) is 273 Å². The summed E-state index contributed by atoms with van der Waals surface area (Å²) in [5.41, 5.74) is 17.9. The van der Waals surface area contributed by atoms with E-state index in [9.17, 15) is 0 Å². The summed E-state index contributed by atoms with van der Waals surface area (Å²) in [6.45, 7) is 9.04. The van der Waals surface area contributed by atoms with E-state index in [0.717, 1.165) is 115 Å². The third kappa shape index (κ3) is 13.7. The van der Waals surface area contributed by atoms with Crippen LogP contribution in [0.25, 0.3) is 137 Å². The van der Waals surface area contributed by atoms with Gasteiger partial charge in [-0.05, 0) is 159 Å². The standard InChI is InChI=1S/2C24H22BN2O.2C23H21BN3O/c1-17-15-26(3)24(13-20(17)18-9-5-4-6-10-18)27-16-21-19-11-7-8-12-22(19)28-23(21)14-25(27)2;1-17-13-24(26(3)15-20(17)18-9-5-4-6-10-18)27-16-21-19-11-7-8-12-22(19)28-23(21)14-25(27)2;1-16-14-26(3)22(12-19(16)17-8-5-4-6-9-17)27-15-21-20(13-24(27)2)18-10-7-11-25-23(18)28-21;1-16-12-22(26(3)14-20(16)17-8-5-4-6-9-17)27-15-21-19(13-24(27)2)18-10-7-11-25-23(18)28-21/h2*4-16H,1-3H3;2*4-15H,1-3H3/q4*+1/i1D3;;1D3;. The minimum Gasteiger partial charge on any atom is -0.457 e. The highest BCUT2D eigenvalue weighted by molar-refractivity contribution is 6.78. The van der Waals surface area contributed by atoms with Crippen molar-refractivity contribution in [2.24, 2.45) is 28.2 Å². The van der Waals surface area contributed by atoms with E-state index >= 15 is 0 Å². The molecule has 16 aromatic rings. The third-order valence-electron chi connectivity index (χ3n) is 21.6. The van der Waals surface area contributed by atoms with E-state index in [4.69, 9.17) is 25.9 Å². The predicted octanol–water partition coefficient (Wildman–Crippen LogP) is 12.5. The van der Waals surface area contributed by atoms with Crippen LogP contribution in [0.5, 0.6) is 0 Å². The van der Waals surface area contributed by atoms with Crippen molar-refractivity contribution in [3.63, 3.8) is 0 Å². The number of furan rings is 4. The molecule has 0 saturated heterocycles. The van der Waals surface area contributed by atoms with E-state index in [1.54, 1.807) is 24.8 Å². The molecule has 0 unspecified atom stereocenters. The minimum atomic E-state index is -2.22. The van der Waals surface area contributed by atoms with Gasteiger partial charge in [0.15, 0.2) is 10.8 Å². The van der Waals surface area contributed by atoms with E-state index in [2.05, 4.69) is 239 Å². The summed E-state index contributed by atoms with van der Waals surface area (Å²) in [5, 5.41) is 8.64. The Kier molecular flexibility index (Phi) is 17.3. The average Bonchev–Trinajstić information content (AvgIpc) is 1.54. The molecule has 0 atom stereocenters. The Bertz CT molecular complexity index is 7140. The van der Waals surface area contributed by atoms with E-state index in [1.807, 2.05) is 157 Å². The summed E-state index contributed by atoms with van der Waals surface area (Å²) in [6, 6.07) is 73.0. The second-order valence-electron chi connectivity index (χ2n) is 29.3. The van der Waals surface area contributed by atoms with Crippen LogP contribution in [0.2, 0.25) is 27.3 Å². The Hall–Kier alpha value is -13.2. The molecule has 0 spiro atoms. The summed E-state index contributed by atoms with van der Waals surface area (Å²) in [5.74, 6) is 12.8. The van der Waals surface area contributed by atoms with Crippen molar-refractivity contribution in [3.05, 3.63) is 320 Å². The van der Waals surface area contributed by atoms with Gasteiger partial charge in [-0.3, -0.25) is 19.2 Å². The molecule has 4 aliphatic rings. The van der Waals surface area contributed by atoms with Gasteiger partial charge >= 0.3 is 27.4 Å². The molecule has 112 heavy (non-hydrogen) atoms. The highest BCUT2D eigenvalue weighted by atomic mass is 16.3. The number of para-hydroxylation sites is 2. The lowest BCUT2D eigenvalue weighted by molar-refractivity contribution is -0.658. The lowest BCUT2D eigenvalue weighted by Crippen LogP contribution is -2.47. The van der Waals surface area contributed by atoms with E-state index in [-0.39, 0.29) is 27.4 Å². The normalized spacial score (nSPS) is 14.3. The number of pyridine rings is 6. The molecule has 0 amide bonds. The summed E-state index contributed by atoms with van der Waals surface area (Å²) in [7, 11) is 7.97. The van der Waals surface area contributed by atoms with Gasteiger partial charge in [-0.1, -0.05) is 170 Å². The second kappa shape index (κ2) is 30.0. The number of anilines is 4. The fourth-order valence-electron chi connectivity index (χ4n) is 15.8. The first-order valence-electron chi connectivity index (χ1n) is 40.9. The number of hydrogen-bond acceptors (Lipinski definition) is 10. The Labute approximate surface area is 661 Å². The zero-order chi connectivity index (χ0) is 82.0. The number of rotatable bonds is 8. The van der Waals surface area contributed by atoms with Crippen LogP contribution in [-0.4, -0.2) is 37.4 Å². The van der Waals surface area contributed by atoms with Gasteiger partial charge in [0, 0.05) is 88.0 Å². The maximum atomic E-state index is 8.06. The smallest absolute Gasteiger partial charge is 0.405 e. The van der Waals surface area contributed by atoms with Crippen LogP contribution in [0.4, 0.5) is 23.3 Å². The fraction of sp³-hybridized carbons (Fsp3) is 0.128. The summed E-state index contributed by atoms with van der Waals surface area (Å²) < 4.78 is 80.5. The van der Waals surface area contributed by atoms with Crippen molar-refractivity contribution in [2.45, 2.75) is 54.8 Å². The molecule has 10 aromatic heterocycles. The molecule has 6 aromatic carbocycles. The summed E-state index contributed by atoms with van der Waals surface area (Å²) in [4.78, 5) is 17.5. The van der Waals surface area contributed by atoms with Crippen molar-refractivity contribution in [1.29, 1.82) is 0 Å². The van der Waals surface area contributed by atoms with Crippen LogP contribution in [0, 0.1) is 27.6 Å². The largest absolute Gasteiger partial charge is 0.457 e. The molecular formula is C94H86B4N10O4+4. The third-order valence-corrected chi connectivity index (χ3v) is 21.6. The van der Waals surface area contributed by atoms with Crippen LogP contribution in [-0.2, 0) is 28.2 Å². The Balaban J connectivity index is 0.000000113. The number of aryl methyl sites for hydroxylation is 8. The number of fused-ring (bicyclic) bond motifs is 12. The maximum Gasteiger partial charge on any atom is 0.405 e. The van der Waals surface area contributed by atoms with Gasteiger partial charge in [0.05, 0.1) is 75.8 Å². The summed E-state index contributed by atoms with van der Waals surface area (Å²) in [6.07, 6.45) is 19.8. The fourth-order valence-corrected chi connectivity index (χ4v) is 15.8. The quantitative estimate of drug-likeness (QED) is 0.108. The molecule has 0 saturated carbocycles. The van der Waals surface area contributed by atoms with Crippen molar-refractivity contribution >= 4 is 144 Å². The number of aromatic nitrogens is 6. The zero-order valence-corrected chi connectivity index (χ0v) is 64.3. The van der Waals surface area contributed by atoms with Gasteiger partial charge in [-0.25, -0.2) is 28.2 Å². The first-order chi connectivity index (χ1) is 56.9. The second-order valence-corrected chi connectivity index (χ2v) is 29.3. The molecule has 0 aliphatic carbocycles. The molecule has 20 rings (SSSR count). The van der Waals surface area contributed by atoms with Crippen LogP contribution < -0.4 is 80.0 Å². The minimum absolute atomic E-state index is 0.0431. The highest BCUT2D eigenvalue weighted by Gasteiger charge is 2.35. The molecule has 4 aliphatic heterocycles. The zero-order valence-electron chi connectivity index (χ0n) is 70.3. The lowest BCUT2D eigenvalue weighted by Gasteiger charge is -2.20. The Morgan fingerprint density at radius 2 is 0.634 bits per heavy atom. The number of hydrogen-bond donors (Lipinski definition) is 0. The highest BCUT2D eigenvalue weighted by Crippen LogP contribution is 2.32. The summed E-state index contributed by atoms with van der Waals surface area (Å²) >= 11 is 0. The Morgan fingerprint density at radius 1 is 0.312 bits per heavy atom. The van der Waals surface area contributed by atoms with Crippen molar-refractivity contribution in [2.75, 3.05) is 19.2 Å². The Morgan fingerprint density at radius 3 is 1.02 bits per heavy atom. The molecule has 544 valence electrons. The van der Waals surface area contributed by atoms with Crippen molar-refractivity contribution < 1.29 is 44.2 Å². The molecule has 0 fully saturated rings. The topological polar surface area (TPSA) is 107 Å². The first kappa shape index (κ1) is 64.8. The molecular weight excluding hydrogens is 1380 g/mol. The van der Waals surface area contributed by atoms with Gasteiger partial charge in [0.25, 0.3) is 23.3 Å². The molecule has 14 nitrogen and oxygen atoms in total. The molecule has 0 bridgehead atoms. The molecule has 0 N–H and O–H groups in total. The SMILES string of the molecule is CB1C=c2c(oc3ncccc23)=CN1c1cc(C)c(-c2ccccc2)c[n+]1C.CB1C=c2oc3ccccc3c2=CN1c1cc(C)c(-c2ccccc2)c[n+]1C.[2H]C([2H])([2H])c1c[n+](C)c(N2C=c3c(oc4ccccc34)=CB2C)cc1-c1ccccc1.[2H]C([2H])([2H])c1c[n+](C)c(N2C=c3oc4ncccc4c3=CB2C)cc1-c1ccccc1. The molecule has 14 heterocycles. The van der Waals surface area contributed by atoms with Crippen LogP contribution >= 0.6 is 0 Å². The van der Waals surface area contributed by atoms with Gasteiger partial charge in [0.2, 0.25) is 11.4 Å². The van der Waals surface area contributed by atoms with Crippen LogP contribution in [0.1, 0.15) is 30.5 Å². The van der Waals surface area contributed by atoms with Gasteiger partial charge in [-0.15, -0.1) is 0 Å². The lowest BCUT2D eigenvalue weighted by atomic mass is 9.61. The van der Waals surface area contributed by atoms with E-state index in [0.29, 0.717) is 28.1 Å². The van der Waals surface area contributed by atoms with Gasteiger partial charge in [-0.2, -0.15) is 0 Å². The van der Waals surface area contributed by atoms with E-state index < -0.39 is 13.7 Å². The average molecular weight is 1470 g/mol. The predicted molar refractivity (Wildman–Crippen MR) is 461 cm³/mol.